The number of ether oxygens (including phenoxy) is 3. The second-order valence-electron chi connectivity index (χ2n) is 12.9. The van der Waals surface area contributed by atoms with Crippen LogP contribution in [0.15, 0.2) is 110 Å². The summed E-state index contributed by atoms with van der Waals surface area (Å²) >= 11 is 0. The standard InChI is InChI=1S/C40H44N4O7/c1-3-22-49-40(46)41-25-30-6-4-7-32(23-30)33-8-5-9-34(24-33)39-50-37(28(2)38(51-39)31-12-10-29(27-45)11-13-31)26-42-18-20-43(21-19-42)35-14-16-36(17-15-35)44(47)48/h3-17,23-24,28,37-39,45H,1,18-22,25-27H2,2H3,(H,41,46). The molecular formula is C40H44N4O7. The van der Waals surface area contributed by atoms with Crippen molar-refractivity contribution in [2.45, 2.75) is 38.6 Å². The molecule has 2 heterocycles. The van der Waals surface area contributed by atoms with Gasteiger partial charge in [-0.25, -0.2) is 4.79 Å². The quantitative estimate of drug-likeness (QED) is 0.0939. The number of hydrogen-bond acceptors (Lipinski definition) is 9. The molecule has 4 aromatic carbocycles. The Hall–Kier alpha value is -5.07. The first-order chi connectivity index (χ1) is 24.8. The number of hydrogen-bond donors (Lipinski definition) is 2. The lowest BCUT2D eigenvalue weighted by atomic mass is 9.89. The van der Waals surface area contributed by atoms with E-state index < -0.39 is 12.4 Å². The van der Waals surface area contributed by atoms with Gasteiger partial charge < -0.3 is 29.5 Å². The van der Waals surface area contributed by atoms with Crippen molar-refractivity contribution in [3.05, 3.63) is 142 Å². The maximum Gasteiger partial charge on any atom is 0.407 e. The number of carbonyl (C=O) groups excluding carboxylic acids is 1. The summed E-state index contributed by atoms with van der Waals surface area (Å²) in [6.45, 7) is 10.2. The fraction of sp³-hybridized carbons (Fsp3) is 0.325. The molecule has 0 radical (unpaired) electrons. The molecule has 0 spiro atoms. The molecule has 0 saturated carbocycles. The van der Waals surface area contributed by atoms with Crippen LogP contribution in [0.3, 0.4) is 0 Å². The van der Waals surface area contributed by atoms with Crippen LogP contribution in [0.2, 0.25) is 0 Å². The van der Waals surface area contributed by atoms with Crippen LogP contribution in [0, 0.1) is 16.0 Å². The van der Waals surface area contributed by atoms with Crippen LogP contribution < -0.4 is 10.2 Å². The molecule has 6 rings (SSSR count). The van der Waals surface area contributed by atoms with E-state index in [9.17, 15) is 20.0 Å². The minimum atomic E-state index is -0.612. The molecule has 4 unspecified atom stereocenters. The summed E-state index contributed by atoms with van der Waals surface area (Å²) in [5.41, 5.74) is 6.78. The third-order valence-electron chi connectivity index (χ3n) is 9.55. The van der Waals surface area contributed by atoms with Gasteiger partial charge in [-0.1, -0.05) is 80.2 Å². The number of aliphatic hydroxyl groups is 1. The number of nitro benzene ring substituents is 1. The average molecular weight is 693 g/mol. The van der Waals surface area contributed by atoms with E-state index in [1.807, 2.05) is 78.9 Å². The number of aliphatic hydroxyl groups excluding tert-OH is 1. The SMILES string of the molecule is C=CCOC(=O)NCc1cccc(-c2cccc(C3OC(CN4CCN(c5ccc([N+](=O)[O-])cc5)CC4)C(C)C(c4ccc(CO)cc4)O3)c2)c1. The molecule has 51 heavy (non-hydrogen) atoms. The smallest absolute Gasteiger partial charge is 0.407 e. The molecule has 2 fully saturated rings. The van der Waals surface area contributed by atoms with Crippen LogP contribution >= 0.6 is 0 Å². The normalized spacial score (nSPS) is 20.8. The third kappa shape index (κ3) is 9.00. The lowest BCUT2D eigenvalue weighted by molar-refractivity contribution is -0.384. The molecule has 4 aromatic rings. The van der Waals surface area contributed by atoms with E-state index in [4.69, 9.17) is 14.2 Å². The topological polar surface area (TPSA) is 127 Å². The van der Waals surface area contributed by atoms with E-state index in [0.717, 1.165) is 71.8 Å². The summed E-state index contributed by atoms with van der Waals surface area (Å²) < 4.78 is 18.6. The average Bonchev–Trinajstić information content (AvgIpc) is 3.17. The van der Waals surface area contributed by atoms with Crippen LogP contribution in [0.5, 0.6) is 0 Å². The molecule has 0 bridgehead atoms. The number of nitro groups is 1. The second-order valence-corrected chi connectivity index (χ2v) is 12.9. The van der Waals surface area contributed by atoms with Gasteiger partial charge in [0.1, 0.15) is 6.61 Å². The predicted molar refractivity (Wildman–Crippen MR) is 195 cm³/mol. The maximum absolute atomic E-state index is 11.9. The van der Waals surface area contributed by atoms with Gasteiger partial charge in [0.05, 0.1) is 23.7 Å². The summed E-state index contributed by atoms with van der Waals surface area (Å²) in [4.78, 5) is 27.3. The number of rotatable bonds is 12. The highest BCUT2D eigenvalue weighted by molar-refractivity contribution is 5.68. The van der Waals surface area contributed by atoms with Crippen LogP contribution in [0.4, 0.5) is 16.2 Å². The number of carbonyl (C=O) groups is 1. The summed E-state index contributed by atoms with van der Waals surface area (Å²) in [6.07, 6.45) is 0.0552. The number of benzene rings is 4. The van der Waals surface area contributed by atoms with Gasteiger partial charge in [-0.3, -0.25) is 15.0 Å². The molecule has 0 aliphatic carbocycles. The molecular weight excluding hydrogens is 648 g/mol. The summed E-state index contributed by atoms with van der Waals surface area (Å²) in [5, 5.41) is 23.5. The Labute approximate surface area is 298 Å². The molecule has 2 N–H and O–H groups in total. The lowest BCUT2D eigenvalue weighted by Gasteiger charge is -2.44. The first-order valence-corrected chi connectivity index (χ1v) is 17.2. The summed E-state index contributed by atoms with van der Waals surface area (Å²) in [6, 6.07) is 30.8. The van der Waals surface area contributed by atoms with Crippen LogP contribution in [-0.2, 0) is 27.4 Å². The van der Waals surface area contributed by atoms with Gasteiger partial charge in [-0.05, 0) is 52.1 Å². The number of alkyl carbamates (subject to hydrolysis) is 1. The summed E-state index contributed by atoms with van der Waals surface area (Å²) in [7, 11) is 0. The van der Waals surface area contributed by atoms with Gasteiger partial charge in [0.2, 0.25) is 0 Å². The predicted octanol–water partition coefficient (Wildman–Crippen LogP) is 6.78. The zero-order chi connectivity index (χ0) is 35.7. The highest BCUT2D eigenvalue weighted by Gasteiger charge is 2.39. The fourth-order valence-electron chi connectivity index (χ4n) is 6.64. The largest absolute Gasteiger partial charge is 0.445 e. The lowest BCUT2D eigenvalue weighted by Crippen LogP contribution is -2.51. The van der Waals surface area contributed by atoms with Gasteiger partial charge in [-0.2, -0.15) is 0 Å². The van der Waals surface area contributed by atoms with E-state index >= 15 is 0 Å². The van der Waals surface area contributed by atoms with Gasteiger partial charge in [0.15, 0.2) is 6.29 Å². The van der Waals surface area contributed by atoms with Crippen LogP contribution in [0.25, 0.3) is 11.1 Å². The second kappa shape index (κ2) is 16.8. The minimum Gasteiger partial charge on any atom is -0.445 e. The molecule has 0 aromatic heterocycles. The third-order valence-corrected chi connectivity index (χ3v) is 9.55. The van der Waals surface area contributed by atoms with E-state index in [0.29, 0.717) is 6.54 Å². The first-order valence-electron chi connectivity index (χ1n) is 17.2. The Kier molecular flexibility index (Phi) is 11.7. The molecule has 11 heteroatoms. The zero-order valence-electron chi connectivity index (χ0n) is 28.7. The van der Waals surface area contributed by atoms with Crippen molar-refractivity contribution in [1.29, 1.82) is 0 Å². The Balaban J connectivity index is 1.18. The van der Waals surface area contributed by atoms with Crippen molar-refractivity contribution in [3.8, 4) is 11.1 Å². The van der Waals surface area contributed by atoms with Gasteiger partial charge in [0.25, 0.3) is 5.69 Å². The number of nitrogens with one attached hydrogen (secondary N) is 1. The number of nitrogens with zero attached hydrogens (tertiary/aromatic N) is 3. The van der Waals surface area contributed by atoms with Gasteiger partial charge in [-0.15, -0.1) is 0 Å². The molecule has 1 amide bonds. The van der Waals surface area contributed by atoms with Crippen molar-refractivity contribution in [1.82, 2.24) is 10.2 Å². The van der Waals surface area contributed by atoms with E-state index in [-0.39, 0.29) is 42.0 Å². The monoisotopic (exact) mass is 692 g/mol. The Morgan fingerprint density at radius 1 is 0.941 bits per heavy atom. The number of non-ortho nitro benzene ring substituents is 1. The van der Waals surface area contributed by atoms with Crippen LogP contribution in [0.1, 0.15) is 41.6 Å². The fourth-order valence-corrected chi connectivity index (χ4v) is 6.64. The molecule has 4 atom stereocenters. The van der Waals surface area contributed by atoms with Crippen molar-refractivity contribution < 1.29 is 29.0 Å². The molecule has 2 aliphatic rings. The highest BCUT2D eigenvalue weighted by Crippen LogP contribution is 2.42. The van der Waals surface area contributed by atoms with Crippen molar-refractivity contribution >= 4 is 17.5 Å². The Bertz CT molecular complexity index is 1790. The van der Waals surface area contributed by atoms with Crippen LogP contribution in [-0.4, -0.2) is 66.5 Å². The number of piperazine rings is 1. The van der Waals surface area contributed by atoms with E-state index in [1.165, 1.54) is 6.08 Å². The molecule has 2 saturated heterocycles. The molecule has 2 aliphatic heterocycles. The Morgan fingerprint density at radius 2 is 1.65 bits per heavy atom. The van der Waals surface area contributed by atoms with Gasteiger partial charge >= 0.3 is 6.09 Å². The zero-order valence-corrected chi connectivity index (χ0v) is 28.7. The van der Waals surface area contributed by atoms with Gasteiger partial charge in [0, 0.05) is 68.6 Å². The maximum atomic E-state index is 11.9. The molecule has 266 valence electrons. The van der Waals surface area contributed by atoms with Crippen molar-refractivity contribution in [2.24, 2.45) is 5.92 Å². The van der Waals surface area contributed by atoms with Crippen molar-refractivity contribution in [3.63, 3.8) is 0 Å². The summed E-state index contributed by atoms with van der Waals surface area (Å²) in [5.74, 6) is 0.0412. The molecule has 11 nitrogen and oxygen atoms in total. The number of amides is 1. The number of anilines is 1. The first kappa shape index (κ1) is 35.7. The minimum absolute atomic E-state index is 0.0228. The van der Waals surface area contributed by atoms with Crippen molar-refractivity contribution in [2.75, 3.05) is 44.2 Å². The van der Waals surface area contributed by atoms with E-state index in [1.54, 1.807) is 12.1 Å². The van der Waals surface area contributed by atoms with E-state index in [2.05, 4.69) is 34.7 Å². The Morgan fingerprint density at radius 3 is 2.33 bits per heavy atom. The highest BCUT2D eigenvalue weighted by atomic mass is 16.7.